The van der Waals surface area contributed by atoms with Gasteiger partial charge < -0.3 is 10.2 Å². The van der Waals surface area contributed by atoms with Crippen LogP contribution in [0.25, 0.3) is 0 Å². The highest BCUT2D eigenvalue weighted by atomic mass is 16.2. The molecule has 0 saturated carbocycles. The summed E-state index contributed by atoms with van der Waals surface area (Å²) in [6.45, 7) is 2.04. The van der Waals surface area contributed by atoms with Crippen molar-refractivity contribution in [3.63, 3.8) is 0 Å². The summed E-state index contributed by atoms with van der Waals surface area (Å²) < 4.78 is 0. The molecule has 2 rings (SSSR count). The van der Waals surface area contributed by atoms with Crippen LogP contribution in [0.1, 0.15) is 25.5 Å². The lowest BCUT2D eigenvalue weighted by Gasteiger charge is -2.35. The van der Waals surface area contributed by atoms with E-state index in [1.165, 1.54) is 13.1 Å². The van der Waals surface area contributed by atoms with Gasteiger partial charge in [0.2, 0.25) is 5.91 Å². The van der Waals surface area contributed by atoms with Crippen LogP contribution in [-0.2, 0) is 15.1 Å². The molecular formula is C12H16N4O2. The Morgan fingerprint density at radius 3 is 2.78 bits per heavy atom. The van der Waals surface area contributed by atoms with Crippen LogP contribution < -0.4 is 5.32 Å². The fourth-order valence-electron chi connectivity index (χ4n) is 2.58. The lowest BCUT2D eigenvalue weighted by atomic mass is 9.90. The Morgan fingerprint density at radius 2 is 2.22 bits per heavy atom. The zero-order valence-electron chi connectivity index (χ0n) is 10.5. The molecule has 1 saturated heterocycles. The summed E-state index contributed by atoms with van der Waals surface area (Å²) in [4.78, 5) is 33.8. The zero-order valence-corrected chi connectivity index (χ0v) is 10.5. The molecule has 1 aliphatic heterocycles. The SMILES string of the molecule is CNC(=O)C1(c2cnccn2)CCCN1C(C)=O. The number of amides is 2. The van der Waals surface area contributed by atoms with E-state index in [0.29, 0.717) is 18.7 Å². The van der Waals surface area contributed by atoms with Gasteiger partial charge in [0.05, 0.1) is 11.9 Å². The molecule has 1 aliphatic rings. The summed E-state index contributed by atoms with van der Waals surface area (Å²) in [5.41, 5.74) is -0.480. The first-order valence-corrected chi connectivity index (χ1v) is 5.90. The standard InChI is InChI=1S/C12H16N4O2/c1-9(17)16-7-3-4-12(16,11(18)13-2)10-8-14-5-6-15-10/h5-6,8H,3-4,7H2,1-2H3,(H,13,18). The topological polar surface area (TPSA) is 75.2 Å². The van der Waals surface area contributed by atoms with Crippen LogP contribution in [0, 0.1) is 0 Å². The van der Waals surface area contributed by atoms with Crippen molar-refractivity contribution in [1.29, 1.82) is 0 Å². The number of likely N-dealkylation sites (tertiary alicyclic amines) is 1. The number of rotatable bonds is 2. The van der Waals surface area contributed by atoms with Crippen LogP contribution in [0.4, 0.5) is 0 Å². The van der Waals surface area contributed by atoms with Gasteiger partial charge in [0.15, 0.2) is 5.54 Å². The Labute approximate surface area is 105 Å². The van der Waals surface area contributed by atoms with Gasteiger partial charge in [-0.25, -0.2) is 0 Å². The van der Waals surface area contributed by atoms with Gasteiger partial charge in [0, 0.05) is 32.9 Å². The minimum Gasteiger partial charge on any atom is -0.357 e. The summed E-state index contributed by atoms with van der Waals surface area (Å²) in [6, 6.07) is 0. The Balaban J connectivity index is 2.54. The number of carbonyl (C=O) groups is 2. The first-order chi connectivity index (χ1) is 8.63. The van der Waals surface area contributed by atoms with E-state index in [9.17, 15) is 9.59 Å². The second kappa shape index (κ2) is 4.72. The van der Waals surface area contributed by atoms with Crippen molar-refractivity contribution in [2.24, 2.45) is 0 Å². The smallest absolute Gasteiger partial charge is 0.252 e. The highest BCUT2D eigenvalue weighted by Crippen LogP contribution is 2.37. The normalized spacial score (nSPS) is 22.9. The summed E-state index contributed by atoms with van der Waals surface area (Å²) in [5.74, 6) is -0.336. The van der Waals surface area contributed by atoms with Gasteiger partial charge >= 0.3 is 0 Å². The van der Waals surface area contributed by atoms with Crippen molar-refractivity contribution < 1.29 is 9.59 Å². The summed E-state index contributed by atoms with van der Waals surface area (Å²) in [7, 11) is 1.57. The van der Waals surface area contributed by atoms with Gasteiger partial charge in [-0.15, -0.1) is 0 Å². The van der Waals surface area contributed by atoms with Crippen molar-refractivity contribution in [3.8, 4) is 0 Å². The van der Waals surface area contributed by atoms with E-state index in [1.807, 2.05) is 0 Å². The lowest BCUT2D eigenvalue weighted by molar-refractivity contribution is -0.144. The Morgan fingerprint density at radius 1 is 1.44 bits per heavy atom. The fraction of sp³-hybridized carbons (Fsp3) is 0.500. The summed E-state index contributed by atoms with van der Waals surface area (Å²) in [5, 5.41) is 2.63. The van der Waals surface area contributed by atoms with Crippen LogP contribution >= 0.6 is 0 Å². The van der Waals surface area contributed by atoms with Crippen LogP contribution in [0.3, 0.4) is 0 Å². The van der Waals surface area contributed by atoms with Crippen LogP contribution in [0.2, 0.25) is 0 Å². The number of carbonyl (C=O) groups excluding carboxylic acids is 2. The maximum Gasteiger partial charge on any atom is 0.252 e. The Kier molecular flexibility index (Phi) is 3.27. The number of nitrogens with one attached hydrogen (secondary N) is 1. The second-order valence-electron chi connectivity index (χ2n) is 4.30. The maximum absolute atomic E-state index is 12.3. The third-order valence-electron chi connectivity index (χ3n) is 3.35. The molecule has 0 aliphatic carbocycles. The van der Waals surface area contributed by atoms with Crippen LogP contribution in [-0.4, -0.2) is 40.3 Å². The molecule has 1 N–H and O–H groups in total. The molecule has 6 nitrogen and oxygen atoms in total. The number of hydrogen-bond donors (Lipinski definition) is 1. The highest BCUT2D eigenvalue weighted by Gasteiger charge is 2.51. The molecule has 2 heterocycles. The Hall–Kier alpha value is -1.98. The summed E-state index contributed by atoms with van der Waals surface area (Å²) >= 11 is 0. The third kappa shape index (κ3) is 1.73. The van der Waals surface area contributed by atoms with Crippen LogP contribution in [0.15, 0.2) is 18.6 Å². The van der Waals surface area contributed by atoms with Gasteiger partial charge in [-0.3, -0.25) is 19.6 Å². The average molecular weight is 248 g/mol. The van der Waals surface area contributed by atoms with E-state index in [1.54, 1.807) is 24.3 Å². The molecular weight excluding hydrogens is 232 g/mol. The average Bonchev–Trinajstić information content (AvgIpc) is 2.84. The number of likely N-dealkylation sites (N-methyl/N-ethyl adjacent to an activating group) is 1. The van der Waals surface area contributed by atoms with Gasteiger partial charge in [0.25, 0.3) is 5.91 Å². The van der Waals surface area contributed by atoms with Crippen molar-refractivity contribution in [3.05, 3.63) is 24.3 Å². The molecule has 0 radical (unpaired) electrons. The molecule has 2 amide bonds. The molecule has 0 spiro atoms. The fourth-order valence-corrected chi connectivity index (χ4v) is 2.58. The molecule has 96 valence electrons. The van der Waals surface area contributed by atoms with Gasteiger partial charge in [-0.05, 0) is 12.8 Å². The van der Waals surface area contributed by atoms with E-state index in [4.69, 9.17) is 0 Å². The lowest BCUT2D eigenvalue weighted by Crippen LogP contribution is -2.54. The van der Waals surface area contributed by atoms with E-state index in [0.717, 1.165) is 6.42 Å². The Bertz CT molecular complexity index is 462. The van der Waals surface area contributed by atoms with E-state index in [2.05, 4.69) is 15.3 Å². The molecule has 6 heteroatoms. The van der Waals surface area contributed by atoms with Gasteiger partial charge in [-0.2, -0.15) is 0 Å². The van der Waals surface area contributed by atoms with Crippen molar-refractivity contribution >= 4 is 11.8 Å². The first kappa shape index (κ1) is 12.5. The van der Waals surface area contributed by atoms with Crippen molar-refractivity contribution in [1.82, 2.24) is 20.2 Å². The molecule has 18 heavy (non-hydrogen) atoms. The maximum atomic E-state index is 12.3. The molecule has 0 bridgehead atoms. The van der Waals surface area contributed by atoms with E-state index < -0.39 is 5.54 Å². The summed E-state index contributed by atoms with van der Waals surface area (Å²) in [6.07, 6.45) is 6.00. The van der Waals surface area contributed by atoms with E-state index >= 15 is 0 Å². The highest BCUT2D eigenvalue weighted by molar-refractivity contribution is 5.92. The second-order valence-corrected chi connectivity index (χ2v) is 4.30. The number of hydrogen-bond acceptors (Lipinski definition) is 4. The predicted molar refractivity (Wildman–Crippen MR) is 64.4 cm³/mol. The van der Waals surface area contributed by atoms with Gasteiger partial charge in [0.1, 0.15) is 0 Å². The largest absolute Gasteiger partial charge is 0.357 e. The number of aromatic nitrogens is 2. The molecule has 1 atom stereocenters. The molecule has 0 aromatic carbocycles. The third-order valence-corrected chi connectivity index (χ3v) is 3.35. The molecule has 1 unspecified atom stereocenters. The minimum atomic E-state index is -1.01. The monoisotopic (exact) mass is 248 g/mol. The predicted octanol–water partition coefficient (Wildman–Crippen LogP) is 0.0602. The van der Waals surface area contributed by atoms with E-state index in [-0.39, 0.29) is 11.8 Å². The molecule has 1 fully saturated rings. The zero-order chi connectivity index (χ0) is 13.2. The first-order valence-electron chi connectivity index (χ1n) is 5.90. The van der Waals surface area contributed by atoms with Gasteiger partial charge in [-0.1, -0.05) is 0 Å². The quantitative estimate of drug-likeness (QED) is 0.803. The van der Waals surface area contributed by atoms with Crippen molar-refractivity contribution in [2.75, 3.05) is 13.6 Å². The minimum absolute atomic E-state index is 0.123. The van der Waals surface area contributed by atoms with Crippen LogP contribution in [0.5, 0.6) is 0 Å². The molecule has 1 aromatic heterocycles. The van der Waals surface area contributed by atoms with Crippen molar-refractivity contribution in [2.45, 2.75) is 25.3 Å². The molecule has 1 aromatic rings. The number of nitrogens with zero attached hydrogens (tertiary/aromatic N) is 3.